The fourth-order valence-corrected chi connectivity index (χ4v) is 3.00. The van der Waals surface area contributed by atoms with E-state index in [4.69, 9.17) is 0 Å². The highest BCUT2D eigenvalue weighted by molar-refractivity contribution is 5.92. The van der Waals surface area contributed by atoms with Crippen LogP contribution in [0, 0.1) is 0 Å². The maximum Gasteiger partial charge on any atom is 0.238 e. The number of anilines is 1. The van der Waals surface area contributed by atoms with Crippen LogP contribution in [0.4, 0.5) is 5.69 Å². The summed E-state index contributed by atoms with van der Waals surface area (Å²) in [6.07, 6.45) is 3.18. The van der Waals surface area contributed by atoms with Crippen molar-refractivity contribution in [2.75, 3.05) is 39.0 Å². The van der Waals surface area contributed by atoms with Crippen molar-refractivity contribution in [3.63, 3.8) is 0 Å². The van der Waals surface area contributed by atoms with E-state index in [1.807, 2.05) is 43.3 Å². The topological polar surface area (TPSA) is 81.8 Å². The van der Waals surface area contributed by atoms with Crippen molar-refractivity contribution in [3.05, 3.63) is 29.8 Å². The molecule has 0 spiro atoms. The third-order valence-electron chi connectivity index (χ3n) is 4.29. The van der Waals surface area contributed by atoms with Crippen LogP contribution >= 0.6 is 0 Å². The number of nitrogens with zero attached hydrogens (tertiary/aromatic N) is 2. The normalized spacial score (nSPS) is 10.7. The van der Waals surface area contributed by atoms with Crippen LogP contribution in [0.25, 0.3) is 0 Å². The Labute approximate surface area is 174 Å². The smallest absolute Gasteiger partial charge is 0.238 e. The summed E-state index contributed by atoms with van der Waals surface area (Å²) < 4.78 is 0. The van der Waals surface area contributed by atoms with Crippen LogP contribution in [0.15, 0.2) is 24.3 Å². The second-order valence-corrected chi connectivity index (χ2v) is 7.50. The van der Waals surface area contributed by atoms with Gasteiger partial charge in [0, 0.05) is 38.2 Å². The average Bonchev–Trinajstić information content (AvgIpc) is 2.65. The van der Waals surface area contributed by atoms with Crippen molar-refractivity contribution in [3.8, 4) is 0 Å². The molecule has 2 N–H and O–H groups in total. The highest BCUT2D eigenvalue weighted by Crippen LogP contribution is 2.11. The van der Waals surface area contributed by atoms with Crippen molar-refractivity contribution < 1.29 is 14.4 Å². The standard InChI is InChI=1S/C22H36N4O3/c1-5-13-26(14-6-2)22(29)12-8-11-20(27)23-16-18-9-7-10-19(15-18)24-21(28)17-25(3)4/h7,9-10,15H,5-6,8,11-14,16-17H2,1-4H3,(H,23,27)(H,24,28). The van der Waals surface area contributed by atoms with E-state index in [0.717, 1.165) is 31.5 Å². The first-order chi connectivity index (χ1) is 13.8. The summed E-state index contributed by atoms with van der Waals surface area (Å²) >= 11 is 0. The highest BCUT2D eigenvalue weighted by Gasteiger charge is 2.12. The Kier molecular flexibility index (Phi) is 11.6. The number of hydrogen-bond acceptors (Lipinski definition) is 4. The number of benzene rings is 1. The van der Waals surface area contributed by atoms with E-state index < -0.39 is 0 Å². The molecule has 162 valence electrons. The van der Waals surface area contributed by atoms with Gasteiger partial charge in [-0.15, -0.1) is 0 Å². The second-order valence-electron chi connectivity index (χ2n) is 7.50. The molecule has 0 heterocycles. The lowest BCUT2D eigenvalue weighted by atomic mass is 10.1. The molecule has 0 saturated carbocycles. The zero-order valence-electron chi connectivity index (χ0n) is 18.3. The number of carbonyl (C=O) groups excluding carboxylic acids is 3. The molecule has 3 amide bonds. The average molecular weight is 405 g/mol. The van der Waals surface area contributed by atoms with Gasteiger partial charge in [-0.1, -0.05) is 26.0 Å². The van der Waals surface area contributed by atoms with Crippen LogP contribution in [-0.4, -0.2) is 61.3 Å². The molecule has 1 rings (SSSR count). The number of nitrogens with one attached hydrogen (secondary N) is 2. The summed E-state index contributed by atoms with van der Waals surface area (Å²) in [6, 6.07) is 7.42. The first kappa shape index (κ1) is 24.6. The van der Waals surface area contributed by atoms with Gasteiger partial charge in [0.1, 0.15) is 0 Å². The molecule has 7 nitrogen and oxygen atoms in total. The molecular formula is C22H36N4O3. The minimum absolute atomic E-state index is 0.0719. The number of hydrogen-bond donors (Lipinski definition) is 2. The van der Waals surface area contributed by atoms with Gasteiger partial charge in [0.05, 0.1) is 6.54 Å². The van der Waals surface area contributed by atoms with Gasteiger partial charge in [0.15, 0.2) is 0 Å². The van der Waals surface area contributed by atoms with Gasteiger partial charge in [-0.05, 0) is 51.1 Å². The van der Waals surface area contributed by atoms with E-state index in [0.29, 0.717) is 38.0 Å². The maximum absolute atomic E-state index is 12.2. The van der Waals surface area contributed by atoms with Gasteiger partial charge in [0.25, 0.3) is 0 Å². The van der Waals surface area contributed by atoms with Gasteiger partial charge in [-0.25, -0.2) is 0 Å². The molecule has 29 heavy (non-hydrogen) atoms. The molecule has 0 saturated heterocycles. The molecule has 0 fully saturated rings. The van der Waals surface area contributed by atoms with Crippen LogP contribution in [0.1, 0.15) is 51.5 Å². The Bertz CT molecular complexity index is 655. The van der Waals surface area contributed by atoms with Gasteiger partial charge in [-0.3, -0.25) is 14.4 Å². The fourth-order valence-electron chi connectivity index (χ4n) is 3.00. The van der Waals surface area contributed by atoms with E-state index in [1.54, 1.807) is 4.90 Å². The maximum atomic E-state index is 12.2. The molecule has 0 aliphatic rings. The molecule has 0 unspecified atom stereocenters. The lowest BCUT2D eigenvalue weighted by molar-refractivity contribution is -0.131. The minimum atomic E-state index is -0.0824. The molecule has 0 atom stereocenters. The zero-order chi connectivity index (χ0) is 21.6. The summed E-state index contributed by atoms with van der Waals surface area (Å²) in [4.78, 5) is 39.9. The van der Waals surface area contributed by atoms with Crippen molar-refractivity contribution in [2.45, 2.75) is 52.5 Å². The third kappa shape index (κ3) is 10.6. The van der Waals surface area contributed by atoms with Crippen LogP contribution in [-0.2, 0) is 20.9 Å². The SMILES string of the molecule is CCCN(CCC)C(=O)CCCC(=O)NCc1cccc(NC(=O)CN(C)C)c1. The summed E-state index contributed by atoms with van der Waals surface area (Å²) in [5.74, 6) is -0.0268. The number of amides is 3. The first-order valence-corrected chi connectivity index (χ1v) is 10.4. The Morgan fingerprint density at radius 3 is 2.28 bits per heavy atom. The number of rotatable bonds is 13. The third-order valence-corrected chi connectivity index (χ3v) is 4.29. The van der Waals surface area contributed by atoms with Gasteiger partial charge < -0.3 is 20.4 Å². The monoisotopic (exact) mass is 404 g/mol. The summed E-state index contributed by atoms with van der Waals surface area (Å²) in [5.41, 5.74) is 1.62. The largest absolute Gasteiger partial charge is 0.352 e. The Hall–Kier alpha value is -2.41. The predicted octanol–water partition coefficient (Wildman–Crippen LogP) is 2.62. The summed E-state index contributed by atoms with van der Waals surface area (Å²) in [5, 5.41) is 5.72. The molecular weight excluding hydrogens is 368 g/mol. The highest BCUT2D eigenvalue weighted by atomic mass is 16.2. The second kappa shape index (κ2) is 13.7. The van der Waals surface area contributed by atoms with Gasteiger partial charge in [-0.2, -0.15) is 0 Å². The van der Waals surface area contributed by atoms with Crippen LogP contribution in [0.3, 0.4) is 0 Å². The van der Waals surface area contributed by atoms with Crippen LogP contribution < -0.4 is 10.6 Å². The summed E-state index contributed by atoms with van der Waals surface area (Å²) in [7, 11) is 3.68. The lowest BCUT2D eigenvalue weighted by Crippen LogP contribution is -2.32. The van der Waals surface area contributed by atoms with E-state index in [2.05, 4.69) is 24.5 Å². The van der Waals surface area contributed by atoms with Crippen molar-refractivity contribution in [1.82, 2.24) is 15.1 Å². The van der Waals surface area contributed by atoms with Crippen molar-refractivity contribution in [1.29, 1.82) is 0 Å². The minimum Gasteiger partial charge on any atom is -0.352 e. The number of carbonyl (C=O) groups is 3. The molecule has 0 radical (unpaired) electrons. The molecule has 0 aliphatic carbocycles. The lowest BCUT2D eigenvalue weighted by Gasteiger charge is -2.21. The van der Waals surface area contributed by atoms with Crippen LogP contribution in [0.5, 0.6) is 0 Å². The first-order valence-electron chi connectivity index (χ1n) is 10.4. The molecule has 0 bridgehead atoms. The fraction of sp³-hybridized carbons (Fsp3) is 0.591. The van der Waals surface area contributed by atoms with Gasteiger partial charge in [0.2, 0.25) is 17.7 Å². The number of likely N-dealkylation sites (N-methyl/N-ethyl adjacent to an activating group) is 1. The molecule has 1 aromatic rings. The van der Waals surface area contributed by atoms with Crippen LogP contribution in [0.2, 0.25) is 0 Å². The van der Waals surface area contributed by atoms with Gasteiger partial charge >= 0.3 is 0 Å². The van der Waals surface area contributed by atoms with Crippen molar-refractivity contribution in [2.24, 2.45) is 0 Å². The van der Waals surface area contributed by atoms with E-state index in [9.17, 15) is 14.4 Å². The predicted molar refractivity (Wildman–Crippen MR) is 116 cm³/mol. The Morgan fingerprint density at radius 1 is 0.966 bits per heavy atom. The van der Waals surface area contributed by atoms with E-state index in [1.165, 1.54) is 0 Å². The molecule has 1 aromatic carbocycles. The molecule has 0 aliphatic heterocycles. The van der Waals surface area contributed by atoms with E-state index >= 15 is 0 Å². The Morgan fingerprint density at radius 2 is 1.66 bits per heavy atom. The quantitative estimate of drug-likeness (QED) is 0.530. The zero-order valence-corrected chi connectivity index (χ0v) is 18.3. The Balaban J connectivity index is 2.38. The van der Waals surface area contributed by atoms with Crippen molar-refractivity contribution >= 4 is 23.4 Å². The molecule has 7 heteroatoms. The van der Waals surface area contributed by atoms with E-state index in [-0.39, 0.29) is 17.7 Å². The molecule has 0 aromatic heterocycles. The summed E-state index contributed by atoms with van der Waals surface area (Å²) in [6.45, 7) is 6.38.